The van der Waals surface area contributed by atoms with Crippen LogP contribution < -0.4 is 0 Å². The third-order valence-corrected chi connectivity index (χ3v) is 8.07. The van der Waals surface area contributed by atoms with E-state index in [2.05, 4.69) is 0 Å². The van der Waals surface area contributed by atoms with E-state index in [0.29, 0.717) is 34.2 Å². The van der Waals surface area contributed by atoms with Crippen molar-refractivity contribution in [2.45, 2.75) is 0 Å². The fourth-order valence-corrected chi connectivity index (χ4v) is 5.80. The maximum atomic E-state index is 8.96. The van der Waals surface area contributed by atoms with Gasteiger partial charge in [-0.1, -0.05) is 139 Å². The summed E-state index contributed by atoms with van der Waals surface area (Å²) in [5, 5.41) is 3.39. The van der Waals surface area contributed by atoms with Crippen molar-refractivity contribution in [2.24, 2.45) is 0 Å². The van der Waals surface area contributed by atoms with Crippen LogP contribution in [0.4, 0.5) is 0 Å². The van der Waals surface area contributed by atoms with E-state index in [0.717, 1.165) is 38.3 Å². The zero-order valence-corrected chi connectivity index (χ0v) is 24.6. The lowest BCUT2D eigenvalue weighted by Crippen LogP contribution is -2.00. The number of fused-ring (bicyclic) bond motifs is 4. The second-order valence-electron chi connectivity index (χ2n) is 11.0. The van der Waals surface area contributed by atoms with E-state index in [1.807, 2.05) is 97.1 Å². The number of para-hydroxylation sites is 1. The summed E-state index contributed by atoms with van der Waals surface area (Å²) in [5.41, 5.74) is 3.40. The molecule has 7 aromatic carbocycles. The van der Waals surface area contributed by atoms with Crippen LogP contribution in [-0.4, -0.2) is 15.0 Å². The first-order valence-corrected chi connectivity index (χ1v) is 15.0. The van der Waals surface area contributed by atoms with E-state index in [1.54, 1.807) is 12.1 Å². The molecule has 220 valence electrons. The lowest BCUT2D eigenvalue weighted by atomic mass is 9.97. The third-order valence-electron chi connectivity index (χ3n) is 8.07. The predicted molar refractivity (Wildman–Crippen MR) is 192 cm³/mol. The SMILES string of the molecule is [2H]c1c([2H])c([2H])c(-c2c([2H])c([2H])c(-c3ccc4ccc(-c5nc(-c6ccccc6)nc(-c6cccc7oc8ccccc8c67)n5)cc4c3)c([2H])c2[2H])c([2H])c1[2H]. The van der Waals surface area contributed by atoms with Gasteiger partial charge in [0.05, 0.1) is 12.3 Å². The van der Waals surface area contributed by atoms with E-state index in [9.17, 15) is 0 Å². The van der Waals surface area contributed by atoms with Gasteiger partial charge in [0.1, 0.15) is 11.2 Å². The summed E-state index contributed by atoms with van der Waals surface area (Å²) in [6, 6.07) is 29.4. The largest absolute Gasteiger partial charge is 0.456 e. The molecule has 0 aliphatic carbocycles. The Morgan fingerprint density at radius 2 is 1.04 bits per heavy atom. The molecular weight excluding hydrogens is 574 g/mol. The van der Waals surface area contributed by atoms with Crippen molar-refractivity contribution in [1.82, 2.24) is 15.0 Å². The lowest BCUT2D eigenvalue weighted by Gasteiger charge is -2.10. The molecule has 0 amide bonds. The van der Waals surface area contributed by atoms with Gasteiger partial charge < -0.3 is 4.42 Å². The Morgan fingerprint density at radius 3 is 1.85 bits per heavy atom. The van der Waals surface area contributed by atoms with Gasteiger partial charge >= 0.3 is 0 Å². The number of benzene rings is 7. The van der Waals surface area contributed by atoms with Crippen LogP contribution in [-0.2, 0) is 0 Å². The quantitative estimate of drug-likeness (QED) is 0.195. The minimum absolute atomic E-state index is 0.0117. The van der Waals surface area contributed by atoms with Crippen molar-refractivity contribution in [2.75, 3.05) is 0 Å². The zero-order chi connectivity index (χ0) is 39.0. The van der Waals surface area contributed by atoms with E-state index in [-0.39, 0.29) is 16.7 Å². The highest BCUT2D eigenvalue weighted by atomic mass is 16.3. The molecule has 0 saturated heterocycles. The van der Waals surface area contributed by atoms with Crippen molar-refractivity contribution >= 4 is 32.7 Å². The first-order chi connectivity index (χ1) is 27.0. The summed E-state index contributed by atoms with van der Waals surface area (Å²) in [6.07, 6.45) is 0. The molecule has 4 heteroatoms. The van der Waals surface area contributed by atoms with Crippen LogP contribution >= 0.6 is 0 Å². The molecule has 0 fully saturated rings. The van der Waals surface area contributed by atoms with Gasteiger partial charge in [-0.05, 0) is 57.3 Å². The van der Waals surface area contributed by atoms with Crippen LogP contribution in [0, 0.1) is 0 Å². The van der Waals surface area contributed by atoms with Gasteiger partial charge in [0, 0.05) is 27.5 Å². The maximum Gasteiger partial charge on any atom is 0.164 e. The second kappa shape index (κ2) is 11.2. The van der Waals surface area contributed by atoms with E-state index >= 15 is 0 Å². The summed E-state index contributed by atoms with van der Waals surface area (Å²) >= 11 is 0. The molecule has 9 rings (SSSR count). The number of hydrogen-bond acceptors (Lipinski definition) is 4. The minimum atomic E-state index is -0.625. The molecule has 4 nitrogen and oxygen atoms in total. The molecule has 0 spiro atoms. The molecule has 0 atom stereocenters. The summed E-state index contributed by atoms with van der Waals surface area (Å²) in [4.78, 5) is 14.9. The molecule has 0 aliphatic heterocycles. The van der Waals surface area contributed by atoms with Crippen LogP contribution in [0.2, 0.25) is 0 Å². The van der Waals surface area contributed by atoms with Gasteiger partial charge in [-0.15, -0.1) is 0 Å². The van der Waals surface area contributed by atoms with Crippen molar-refractivity contribution in [3.05, 3.63) is 164 Å². The predicted octanol–water partition coefficient (Wildman–Crippen LogP) is 11.3. The molecule has 0 saturated carbocycles. The average Bonchev–Trinajstić information content (AvgIpc) is 3.62. The second-order valence-corrected chi connectivity index (χ2v) is 11.0. The average molecular weight is 611 g/mol. The van der Waals surface area contributed by atoms with Gasteiger partial charge in [0.15, 0.2) is 17.5 Å². The van der Waals surface area contributed by atoms with E-state index in [4.69, 9.17) is 31.7 Å². The normalized spacial score (nSPS) is 14.1. The van der Waals surface area contributed by atoms with Crippen LogP contribution in [0.3, 0.4) is 0 Å². The molecule has 2 heterocycles. The Balaban J connectivity index is 1.20. The first-order valence-electron chi connectivity index (χ1n) is 19.5. The highest BCUT2D eigenvalue weighted by Crippen LogP contribution is 2.37. The van der Waals surface area contributed by atoms with E-state index in [1.165, 1.54) is 0 Å². The van der Waals surface area contributed by atoms with Gasteiger partial charge in [-0.25, -0.2) is 15.0 Å². The molecule has 2 aromatic heterocycles. The third kappa shape index (κ3) is 4.93. The van der Waals surface area contributed by atoms with Crippen molar-refractivity contribution in [3.63, 3.8) is 0 Å². The summed E-state index contributed by atoms with van der Waals surface area (Å²) in [6.45, 7) is 0. The summed E-state index contributed by atoms with van der Waals surface area (Å²) in [7, 11) is 0. The summed E-state index contributed by atoms with van der Waals surface area (Å²) in [5.74, 6) is 1.35. The molecule has 0 unspecified atom stereocenters. The Hall–Kier alpha value is -6.39. The van der Waals surface area contributed by atoms with Crippen LogP contribution in [0.1, 0.15) is 12.3 Å². The molecule has 0 bridgehead atoms. The molecule has 0 aliphatic rings. The Kier molecular flexibility index (Phi) is 4.57. The molecular formula is C43H27N3O. The van der Waals surface area contributed by atoms with Crippen LogP contribution in [0.25, 0.3) is 89.1 Å². The van der Waals surface area contributed by atoms with Gasteiger partial charge in [0.25, 0.3) is 0 Å². The summed E-state index contributed by atoms with van der Waals surface area (Å²) < 4.78 is 82.8. The number of rotatable bonds is 5. The highest BCUT2D eigenvalue weighted by Gasteiger charge is 2.18. The van der Waals surface area contributed by atoms with Gasteiger partial charge in [0.2, 0.25) is 0 Å². The molecule has 9 aromatic rings. The smallest absolute Gasteiger partial charge is 0.164 e. The van der Waals surface area contributed by atoms with E-state index < -0.39 is 54.4 Å². The fourth-order valence-electron chi connectivity index (χ4n) is 5.80. The van der Waals surface area contributed by atoms with Gasteiger partial charge in [-0.2, -0.15) is 0 Å². The fraction of sp³-hybridized carbons (Fsp3) is 0. The highest BCUT2D eigenvalue weighted by molar-refractivity contribution is 6.11. The minimum Gasteiger partial charge on any atom is -0.456 e. The van der Waals surface area contributed by atoms with Gasteiger partial charge in [-0.3, -0.25) is 0 Å². The topological polar surface area (TPSA) is 51.8 Å². The first kappa shape index (κ1) is 19.2. The number of nitrogens with zero attached hydrogens (tertiary/aromatic N) is 3. The monoisotopic (exact) mass is 610 g/mol. The Bertz CT molecular complexity index is 3040. The number of hydrogen-bond donors (Lipinski definition) is 0. The zero-order valence-electron chi connectivity index (χ0n) is 33.6. The van der Waals surface area contributed by atoms with Crippen LogP contribution in [0.15, 0.2) is 168 Å². The Labute approximate surface area is 284 Å². The number of furan rings is 1. The van der Waals surface area contributed by atoms with Crippen molar-refractivity contribution in [3.8, 4) is 56.4 Å². The van der Waals surface area contributed by atoms with Crippen molar-refractivity contribution < 1.29 is 16.8 Å². The Morgan fingerprint density at radius 1 is 0.426 bits per heavy atom. The van der Waals surface area contributed by atoms with Crippen molar-refractivity contribution in [1.29, 1.82) is 0 Å². The number of aromatic nitrogens is 3. The standard InChI is InChI=1S/C43H27N3O/c1-3-10-28(11-4-1)29-18-20-30(21-19-29)33-24-22-31-23-25-34(27-35(31)26-33)42-44-41(32-12-5-2-6-13-32)45-43(46-42)37-15-9-17-39-40(37)36-14-7-8-16-38(36)47-39/h1-27H/i1D,3D,4D,10D,11D,18D,19D,20D,21D. The lowest BCUT2D eigenvalue weighted by molar-refractivity contribution is 0.669. The molecule has 0 radical (unpaired) electrons. The maximum absolute atomic E-state index is 8.96. The molecule has 47 heavy (non-hydrogen) atoms. The molecule has 0 N–H and O–H groups in total. The van der Waals surface area contributed by atoms with Crippen LogP contribution in [0.5, 0.6) is 0 Å².